The molecule has 2 amide bonds. The number of thioether (sulfide) groups is 1. The van der Waals surface area contributed by atoms with E-state index < -0.39 is 9.84 Å². The molecule has 10 heteroatoms. The zero-order valence-corrected chi connectivity index (χ0v) is 19.3. The Morgan fingerprint density at radius 3 is 2.67 bits per heavy atom. The highest BCUT2D eigenvalue weighted by Crippen LogP contribution is 2.33. The van der Waals surface area contributed by atoms with Crippen molar-refractivity contribution in [3.8, 4) is 5.75 Å². The average Bonchev–Trinajstić information content (AvgIpc) is 3.21. The fraction of sp³-hybridized carbons (Fsp3) is 0.450. The predicted molar refractivity (Wildman–Crippen MR) is 122 cm³/mol. The van der Waals surface area contributed by atoms with E-state index in [4.69, 9.17) is 17.0 Å². The van der Waals surface area contributed by atoms with E-state index in [1.165, 1.54) is 21.6 Å². The summed E-state index contributed by atoms with van der Waals surface area (Å²) >= 11 is 6.59. The molecule has 0 spiro atoms. The molecule has 3 rings (SSSR count). The van der Waals surface area contributed by atoms with Crippen LogP contribution in [0.1, 0.15) is 24.8 Å². The second kappa shape index (κ2) is 9.49. The van der Waals surface area contributed by atoms with E-state index in [1.807, 2.05) is 24.3 Å². The Labute approximate surface area is 186 Å². The van der Waals surface area contributed by atoms with Crippen LogP contribution in [0.15, 0.2) is 29.2 Å². The highest BCUT2D eigenvalue weighted by atomic mass is 32.2. The third-order valence-electron chi connectivity index (χ3n) is 5.21. The van der Waals surface area contributed by atoms with E-state index in [-0.39, 0.29) is 35.8 Å². The van der Waals surface area contributed by atoms with Gasteiger partial charge in [0, 0.05) is 26.1 Å². The fourth-order valence-corrected chi connectivity index (χ4v) is 6.48. The maximum absolute atomic E-state index is 12.7. The van der Waals surface area contributed by atoms with Crippen molar-refractivity contribution in [2.75, 3.05) is 32.2 Å². The number of carbonyl (C=O) groups is 2. The van der Waals surface area contributed by atoms with Gasteiger partial charge in [0.15, 0.2) is 9.84 Å². The zero-order valence-electron chi connectivity index (χ0n) is 16.9. The van der Waals surface area contributed by atoms with Crippen LogP contribution in [-0.2, 0) is 19.4 Å². The van der Waals surface area contributed by atoms with Crippen molar-refractivity contribution >= 4 is 56.0 Å². The lowest BCUT2D eigenvalue weighted by atomic mass is 10.2. The number of hydrogen-bond donors (Lipinski definition) is 0. The summed E-state index contributed by atoms with van der Waals surface area (Å²) in [4.78, 5) is 28.7. The van der Waals surface area contributed by atoms with Gasteiger partial charge in [-0.2, -0.15) is 0 Å². The number of benzene rings is 1. The molecule has 0 bridgehead atoms. The highest BCUT2D eigenvalue weighted by Gasteiger charge is 2.34. The Morgan fingerprint density at radius 1 is 1.37 bits per heavy atom. The van der Waals surface area contributed by atoms with E-state index in [0.717, 1.165) is 11.3 Å². The quantitative estimate of drug-likeness (QED) is 0.449. The summed E-state index contributed by atoms with van der Waals surface area (Å²) in [5, 5.41) is 0. The van der Waals surface area contributed by atoms with Crippen LogP contribution in [0.2, 0.25) is 0 Å². The molecule has 0 aliphatic carbocycles. The molecule has 1 aromatic carbocycles. The Hall–Kier alpha value is -1.91. The van der Waals surface area contributed by atoms with Crippen LogP contribution in [0, 0.1) is 0 Å². The summed E-state index contributed by atoms with van der Waals surface area (Å²) in [6, 6.07) is 7.12. The van der Waals surface area contributed by atoms with Crippen molar-refractivity contribution < 1.29 is 22.7 Å². The van der Waals surface area contributed by atoms with Gasteiger partial charge in [-0.1, -0.05) is 36.1 Å². The fourth-order valence-electron chi connectivity index (χ4n) is 3.39. The molecular formula is C20H24N2O5S3. The molecule has 30 heavy (non-hydrogen) atoms. The number of ether oxygens (including phenoxy) is 1. The molecule has 2 saturated heterocycles. The number of amides is 2. The molecule has 0 radical (unpaired) electrons. The van der Waals surface area contributed by atoms with Crippen LogP contribution >= 0.6 is 24.0 Å². The van der Waals surface area contributed by atoms with E-state index in [1.54, 1.807) is 20.2 Å². The maximum atomic E-state index is 12.7. The van der Waals surface area contributed by atoms with E-state index in [9.17, 15) is 18.0 Å². The molecule has 2 fully saturated rings. The van der Waals surface area contributed by atoms with Gasteiger partial charge in [-0.05, 0) is 36.6 Å². The standard InChI is InChI=1S/C20H24N2O5S3/c1-21(15-9-11-30(25,26)13-15)18(23)4-3-10-22-19(24)17(29-20(22)28)12-14-5-7-16(27-2)8-6-14/h5-8,12,15H,3-4,9-11,13H2,1-2H3/b17-12-/t15-/m0/s1. The first-order valence-electron chi connectivity index (χ1n) is 9.55. The molecule has 7 nitrogen and oxygen atoms in total. The molecule has 2 heterocycles. The predicted octanol–water partition coefficient (Wildman–Crippen LogP) is 2.32. The molecule has 2 aliphatic heterocycles. The van der Waals surface area contributed by atoms with Gasteiger partial charge >= 0.3 is 0 Å². The summed E-state index contributed by atoms with van der Waals surface area (Å²) in [7, 11) is 0.201. The largest absolute Gasteiger partial charge is 0.497 e. The Balaban J connectivity index is 1.53. The molecule has 1 aromatic rings. The molecule has 2 aliphatic rings. The van der Waals surface area contributed by atoms with Crippen LogP contribution in [0.25, 0.3) is 6.08 Å². The summed E-state index contributed by atoms with van der Waals surface area (Å²) in [6.07, 6.45) is 2.97. The van der Waals surface area contributed by atoms with Crippen LogP contribution < -0.4 is 4.74 Å². The Bertz CT molecular complexity index is 973. The van der Waals surface area contributed by atoms with Crippen molar-refractivity contribution in [3.05, 3.63) is 34.7 Å². The molecule has 162 valence electrons. The minimum absolute atomic E-state index is 0.0279. The lowest BCUT2D eigenvalue weighted by Crippen LogP contribution is -2.38. The van der Waals surface area contributed by atoms with Gasteiger partial charge in [-0.25, -0.2) is 8.42 Å². The summed E-state index contributed by atoms with van der Waals surface area (Å²) < 4.78 is 28.8. The normalized spacial score (nSPS) is 22.0. The zero-order chi connectivity index (χ0) is 21.9. The first-order valence-corrected chi connectivity index (χ1v) is 12.6. The van der Waals surface area contributed by atoms with Crippen molar-refractivity contribution in [2.24, 2.45) is 0 Å². The van der Waals surface area contributed by atoms with Crippen molar-refractivity contribution in [1.29, 1.82) is 0 Å². The third kappa shape index (κ3) is 5.41. The van der Waals surface area contributed by atoms with Crippen molar-refractivity contribution in [3.63, 3.8) is 0 Å². The number of methoxy groups -OCH3 is 1. The summed E-state index contributed by atoms with van der Waals surface area (Å²) in [6.45, 7) is 0.354. The second-order valence-corrected chi connectivity index (χ2v) is 11.2. The van der Waals surface area contributed by atoms with E-state index >= 15 is 0 Å². The minimum atomic E-state index is -3.04. The highest BCUT2D eigenvalue weighted by molar-refractivity contribution is 8.26. The number of carbonyl (C=O) groups excluding carboxylic acids is 2. The van der Waals surface area contributed by atoms with Gasteiger partial charge in [-0.3, -0.25) is 14.5 Å². The Morgan fingerprint density at radius 2 is 2.07 bits per heavy atom. The molecule has 0 N–H and O–H groups in total. The van der Waals surface area contributed by atoms with E-state index in [0.29, 0.717) is 28.6 Å². The number of hydrogen-bond acceptors (Lipinski definition) is 7. The Kier molecular flexibility index (Phi) is 7.20. The maximum Gasteiger partial charge on any atom is 0.266 e. The summed E-state index contributed by atoms with van der Waals surface area (Å²) in [5.41, 5.74) is 0.875. The molecular weight excluding hydrogens is 444 g/mol. The topological polar surface area (TPSA) is 84.0 Å². The third-order valence-corrected chi connectivity index (χ3v) is 8.34. The van der Waals surface area contributed by atoms with Gasteiger partial charge in [0.1, 0.15) is 10.1 Å². The average molecular weight is 469 g/mol. The van der Waals surface area contributed by atoms with E-state index in [2.05, 4.69) is 0 Å². The van der Waals surface area contributed by atoms with Crippen LogP contribution in [0.5, 0.6) is 5.75 Å². The van der Waals surface area contributed by atoms with Gasteiger partial charge in [-0.15, -0.1) is 0 Å². The van der Waals surface area contributed by atoms with Gasteiger partial charge < -0.3 is 9.64 Å². The smallest absolute Gasteiger partial charge is 0.266 e. The van der Waals surface area contributed by atoms with Crippen LogP contribution in [-0.4, -0.2) is 72.6 Å². The number of rotatable bonds is 7. The lowest BCUT2D eigenvalue weighted by molar-refractivity contribution is -0.132. The van der Waals surface area contributed by atoms with Crippen LogP contribution in [0.4, 0.5) is 0 Å². The summed E-state index contributed by atoms with van der Waals surface area (Å²) in [5.74, 6) is 0.622. The monoisotopic (exact) mass is 468 g/mol. The SMILES string of the molecule is COc1ccc(/C=C2\SC(=S)N(CCCC(=O)N(C)[C@H]3CCS(=O)(=O)C3)C2=O)cc1. The molecule has 0 unspecified atom stereocenters. The van der Waals surface area contributed by atoms with Crippen LogP contribution in [0.3, 0.4) is 0 Å². The lowest BCUT2D eigenvalue weighted by Gasteiger charge is -2.24. The van der Waals surface area contributed by atoms with Gasteiger partial charge in [0.25, 0.3) is 5.91 Å². The van der Waals surface area contributed by atoms with Crippen molar-refractivity contribution in [2.45, 2.75) is 25.3 Å². The minimum Gasteiger partial charge on any atom is -0.497 e. The molecule has 0 aromatic heterocycles. The van der Waals surface area contributed by atoms with Crippen molar-refractivity contribution in [1.82, 2.24) is 9.80 Å². The molecule has 0 saturated carbocycles. The molecule has 1 atom stereocenters. The number of nitrogens with zero attached hydrogens (tertiary/aromatic N) is 2. The van der Waals surface area contributed by atoms with Gasteiger partial charge in [0.05, 0.1) is 23.5 Å². The van der Waals surface area contributed by atoms with Gasteiger partial charge in [0.2, 0.25) is 5.91 Å². The number of sulfone groups is 1. The first-order chi connectivity index (χ1) is 14.2. The first kappa shape index (κ1) is 22.8. The second-order valence-electron chi connectivity index (χ2n) is 7.27. The number of thiocarbonyl (C=S) groups is 1.